The first-order valence-corrected chi connectivity index (χ1v) is 18.3. The minimum absolute atomic E-state index is 0.285. The number of hydrogen-bond acceptors (Lipinski definition) is 2. The van der Waals surface area contributed by atoms with Gasteiger partial charge in [0.1, 0.15) is 17.0 Å². The van der Waals surface area contributed by atoms with Crippen LogP contribution in [0.15, 0.2) is 162 Å². The molecule has 0 N–H and O–H groups in total. The topological polar surface area (TPSA) is 31.0 Å². The minimum Gasteiger partial charge on any atom is -0.455 e. The van der Waals surface area contributed by atoms with E-state index >= 15 is 0 Å². The highest BCUT2D eigenvalue weighted by Gasteiger charge is 2.25. The number of para-hydroxylation sites is 3. The zero-order valence-electron chi connectivity index (χ0n) is 30.0. The quantitative estimate of drug-likeness (QED) is 0.169. The lowest BCUT2D eigenvalue weighted by Crippen LogP contribution is -2.09. The molecule has 252 valence electrons. The average molecular weight is 673 g/mol. The fourth-order valence-electron chi connectivity index (χ4n) is 7.69. The number of fused-ring (bicyclic) bond motifs is 4. The molecule has 0 radical (unpaired) electrons. The highest BCUT2D eigenvalue weighted by Crippen LogP contribution is 2.43. The van der Waals surface area contributed by atoms with E-state index in [-0.39, 0.29) is 11.8 Å². The molecule has 0 saturated carbocycles. The number of hydrogen-bond donors (Lipinski definition) is 0. The van der Waals surface area contributed by atoms with Crippen molar-refractivity contribution in [2.45, 2.75) is 39.5 Å². The van der Waals surface area contributed by atoms with E-state index in [1.807, 2.05) is 0 Å². The lowest BCUT2D eigenvalue weighted by atomic mass is 9.88. The average Bonchev–Trinajstić information content (AvgIpc) is 3.76. The molecule has 0 aliphatic heterocycles. The number of benzene rings is 7. The van der Waals surface area contributed by atoms with E-state index in [0.29, 0.717) is 0 Å². The molecule has 9 rings (SSSR count). The van der Waals surface area contributed by atoms with Crippen molar-refractivity contribution >= 4 is 33.0 Å². The van der Waals surface area contributed by atoms with E-state index < -0.39 is 0 Å². The van der Waals surface area contributed by atoms with Crippen LogP contribution in [0.4, 0.5) is 0 Å². The van der Waals surface area contributed by atoms with E-state index in [9.17, 15) is 0 Å². The van der Waals surface area contributed by atoms with Crippen LogP contribution in [0, 0.1) is 0 Å². The van der Waals surface area contributed by atoms with Gasteiger partial charge in [0.05, 0.1) is 22.3 Å². The first kappa shape index (κ1) is 31.8. The van der Waals surface area contributed by atoms with Gasteiger partial charge in [-0.15, -0.1) is 0 Å². The summed E-state index contributed by atoms with van der Waals surface area (Å²) in [7, 11) is 0. The Bertz CT molecular complexity index is 2680. The maximum atomic E-state index is 6.86. The van der Waals surface area contributed by atoms with Gasteiger partial charge in [-0.25, -0.2) is 4.98 Å². The van der Waals surface area contributed by atoms with Crippen molar-refractivity contribution in [2.75, 3.05) is 0 Å². The lowest BCUT2D eigenvalue weighted by Gasteiger charge is -2.24. The second-order valence-electron chi connectivity index (χ2n) is 14.4. The summed E-state index contributed by atoms with van der Waals surface area (Å²) in [5.41, 5.74) is 15.7. The highest BCUT2D eigenvalue weighted by atomic mass is 16.3. The molecule has 3 heteroatoms. The van der Waals surface area contributed by atoms with Gasteiger partial charge in [-0.3, -0.25) is 4.57 Å². The first-order valence-electron chi connectivity index (χ1n) is 18.3. The van der Waals surface area contributed by atoms with Gasteiger partial charge in [-0.05, 0) is 98.8 Å². The molecule has 0 aliphatic rings. The molecule has 0 amide bonds. The summed E-state index contributed by atoms with van der Waals surface area (Å²) in [5, 5.41) is 2.19. The molecule has 7 aromatic carbocycles. The Morgan fingerprint density at radius 2 is 1.04 bits per heavy atom. The van der Waals surface area contributed by atoms with Gasteiger partial charge in [-0.2, -0.15) is 0 Å². The third kappa shape index (κ3) is 5.41. The number of nitrogens with zero attached hydrogens (tertiary/aromatic N) is 2. The smallest absolute Gasteiger partial charge is 0.149 e. The molecule has 0 bridgehead atoms. The van der Waals surface area contributed by atoms with E-state index in [1.165, 1.54) is 39.1 Å². The van der Waals surface area contributed by atoms with Crippen LogP contribution in [0.25, 0.3) is 83.4 Å². The summed E-state index contributed by atoms with van der Waals surface area (Å²) in [6, 6.07) is 56.3. The van der Waals surface area contributed by atoms with Gasteiger partial charge in [0.15, 0.2) is 0 Å². The van der Waals surface area contributed by atoms with Crippen molar-refractivity contribution in [1.29, 1.82) is 0 Å². The van der Waals surface area contributed by atoms with Crippen LogP contribution >= 0.6 is 0 Å². The van der Waals surface area contributed by atoms with E-state index in [0.717, 1.165) is 55.5 Å². The maximum Gasteiger partial charge on any atom is 0.149 e. The molecule has 9 aromatic rings. The lowest BCUT2D eigenvalue weighted by molar-refractivity contribution is 0.669. The van der Waals surface area contributed by atoms with Crippen molar-refractivity contribution in [3.05, 3.63) is 169 Å². The standard InChI is InChI=1S/C49H40N2O/c1-31(2)42-28-38(34-16-9-6-10-17-34)29-43(32(3)4)47(42)51-45-21-12-11-20-44(45)50-49(51)41-19-13-18-40-39-27-26-37(30-46(39)52-48(40)41)36-24-22-35(23-25-36)33-14-7-5-8-15-33/h5-32H,1-4H3. The summed E-state index contributed by atoms with van der Waals surface area (Å²) >= 11 is 0. The predicted octanol–water partition coefficient (Wildman–Crippen LogP) is 13.8. The number of aromatic nitrogens is 2. The molecular weight excluding hydrogens is 633 g/mol. The van der Waals surface area contributed by atoms with E-state index in [1.54, 1.807) is 0 Å². The van der Waals surface area contributed by atoms with Gasteiger partial charge in [0.25, 0.3) is 0 Å². The van der Waals surface area contributed by atoms with Gasteiger partial charge in [-0.1, -0.05) is 143 Å². The Morgan fingerprint density at radius 3 is 1.69 bits per heavy atom. The van der Waals surface area contributed by atoms with E-state index in [4.69, 9.17) is 9.40 Å². The van der Waals surface area contributed by atoms with Crippen LogP contribution in [0.2, 0.25) is 0 Å². The number of rotatable bonds is 7. The van der Waals surface area contributed by atoms with Gasteiger partial charge in [0, 0.05) is 10.8 Å². The largest absolute Gasteiger partial charge is 0.455 e. The Balaban J connectivity index is 1.23. The summed E-state index contributed by atoms with van der Waals surface area (Å²) in [6.45, 7) is 9.18. The fraction of sp³-hybridized carbons (Fsp3) is 0.122. The maximum absolute atomic E-state index is 6.86. The molecule has 0 unspecified atom stereocenters. The van der Waals surface area contributed by atoms with Gasteiger partial charge in [0.2, 0.25) is 0 Å². The predicted molar refractivity (Wildman–Crippen MR) is 218 cm³/mol. The van der Waals surface area contributed by atoms with Crippen LogP contribution in [0.3, 0.4) is 0 Å². The molecule has 2 aromatic heterocycles. The highest BCUT2D eigenvalue weighted by molar-refractivity contribution is 6.10. The monoisotopic (exact) mass is 672 g/mol. The summed E-state index contributed by atoms with van der Waals surface area (Å²) in [4.78, 5) is 5.36. The zero-order valence-corrected chi connectivity index (χ0v) is 30.0. The van der Waals surface area contributed by atoms with E-state index in [2.05, 4.69) is 190 Å². The summed E-state index contributed by atoms with van der Waals surface area (Å²) in [6.07, 6.45) is 0. The van der Waals surface area contributed by atoms with Crippen LogP contribution in [-0.4, -0.2) is 9.55 Å². The Labute approximate surface area is 304 Å². The summed E-state index contributed by atoms with van der Waals surface area (Å²) < 4.78 is 9.26. The fourth-order valence-corrected chi connectivity index (χ4v) is 7.69. The number of furan rings is 1. The Morgan fingerprint density at radius 1 is 0.481 bits per heavy atom. The van der Waals surface area contributed by atoms with Crippen LogP contribution in [0.5, 0.6) is 0 Å². The van der Waals surface area contributed by atoms with Crippen molar-refractivity contribution in [2.24, 2.45) is 0 Å². The first-order chi connectivity index (χ1) is 25.4. The third-order valence-corrected chi connectivity index (χ3v) is 10.4. The molecule has 0 aliphatic carbocycles. The molecular formula is C49H40N2O. The SMILES string of the molecule is CC(C)c1cc(-c2ccccc2)cc(C(C)C)c1-n1c(-c2cccc3c2oc2cc(-c4ccc(-c5ccccc5)cc4)ccc23)nc2ccccc21. The van der Waals surface area contributed by atoms with Crippen LogP contribution in [0.1, 0.15) is 50.7 Å². The molecule has 2 heterocycles. The number of imidazole rings is 1. The Hall–Kier alpha value is -6.19. The van der Waals surface area contributed by atoms with Crippen molar-refractivity contribution in [1.82, 2.24) is 9.55 Å². The normalized spacial score (nSPS) is 11.8. The molecule has 0 spiro atoms. The van der Waals surface area contributed by atoms with Crippen molar-refractivity contribution in [3.8, 4) is 50.5 Å². The van der Waals surface area contributed by atoms with Crippen LogP contribution < -0.4 is 0 Å². The molecule has 0 saturated heterocycles. The molecule has 52 heavy (non-hydrogen) atoms. The van der Waals surface area contributed by atoms with Crippen LogP contribution in [-0.2, 0) is 0 Å². The Kier molecular flexibility index (Phi) is 7.85. The molecule has 3 nitrogen and oxygen atoms in total. The summed E-state index contributed by atoms with van der Waals surface area (Å²) in [5.74, 6) is 1.46. The van der Waals surface area contributed by atoms with Gasteiger partial charge >= 0.3 is 0 Å². The minimum atomic E-state index is 0.285. The molecule has 0 fully saturated rings. The van der Waals surface area contributed by atoms with Crippen molar-refractivity contribution < 1.29 is 4.42 Å². The van der Waals surface area contributed by atoms with Gasteiger partial charge < -0.3 is 4.42 Å². The second-order valence-corrected chi connectivity index (χ2v) is 14.4. The van der Waals surface area contributed by atoms with Crippen molar-refractivity contribution in [3.63, 3.8) is 0 Å². The molecule has 0 atom stereocenters. The third-order valence-electron chi connectivity index (χ3n) is 10.4. The zero-order chi connectivity index (χ0) is 35.3. The second kappa shape index (κ2) is 12.9.